The first-order valence-electron chi connectivity index (χ1n) is 10.1. The molecule has 0 bridgehead atoms. The van der Waals surface area contributed by atoms with Crippen LogP contribution in [0, 0.1) is 5.92 Å². The largest absolute Gasteiger partial charge is 0.369 e. The fourth-order valence-corrected chi connectivity index (χ4v) is 3.30. The van der Waals surface area contributed by atoms with E-state index in [1.807, 2.05) is 0 Å². The SMILES string of the molecule is CCCCCC(C)NC(=NCCCN1CCCC(C(N)=O)C1)NCC. The second kappa shape index (κ2) is 13.0. The lowest BCUT2D eigenvalue weighted by Crippen LogP contribution is -2.43. The summed E-state index contributed by atoms with van der Waals surface area (Å²) in [7, 11) is 0. The van der Waals surface area contributed by atoms with E-state index in [1.165, 1.54) is 25.7 Å². The van der Waals surface area contributed by atoms with Gasteiger partial charge in [-0.2, -0.15) is 0 Å². The summed E-state index contributed by atoms with van der Waals surface area (Å²) in [4.78, 5) is 18.4. The van der Waals surface area contributed by atoms with Crippen LogP contribution in [0.1, 0.15) is 65.7 Å². The lowest BCUT2D eigenvalue weighted by molar-refractivity contribution is -0.123. The minimum atomic E-state index is -0.154. The maximum atomic E-state index is 11.3. The van der Waals surface area contributed by atoms with Crippen LogP contribution in [-0.4, -0.2) is 55.5 Å². The maximum absolute atomic E-state index is 11.3. The smallest absolute Gasteiger partial charge is 0.221 e. The average molecular weight is 354 g/mol. The summed E-state index contributed by atoms with van der Waals surface area (Å²) in [6.45, 7) is 11.1. The molecule has 25 heavy (non-hydrogen) atoms. The van der Waals surface area contributed by atoms with E-state index in [4.69, 9.17) is 10.7 Å². The molecule has 1 rings (SSSR count). The van der Waals surface area contributed by atoms with Gasteiger partial charge in [0, 0.05) is 25.7 Å². The normalized spacial score (nSPS) is 20.3. The van der Waals surface area contributed by atoms with Crippen LogP contribution in [0.5, 0.6) is 0 Å². The molecule has 0 aliphatic carbocycles. The van der Waals surface area contributed by atoms with E-state index >= 15 is 0 Å². The highest BCUT2D eigenvalue weighted by Crippen LogP contribution is 2.15. The summed E-state index contributed by atoms with van der Waals surface area (Å²) in [6.07, 6.45) is 8.01. The van der Waals surface area contributed by atoms with E-state index in [2.05, 4.69) is 36.3 Å². The van der Waals surface area contributed by atoms with Crippen LogP contribution < -0.4 is 16.4 Å². The molecule has 1 heterocycles. The van der Waals surface area contributed by atoms with Crippen molar-refractivity contribution in [3.63, 3.8) is 0 Å². The average Bonchev–Trinajstić information content (AvgIpc) is 2.59. The van der Waals surface area contributed by atoms with E-state index in [9.17, 15) is 4.79 Å². The van der Waals surface area contributed by atoms with Crippen molar-refractivity contribution in [3.8, 4) is 0 Å². The Bertz CT molecular complexity index is 399. The van der Waals surface area contributed by atoms with Crippen molar-refractivity contribution in [2.75, 3.05) is 32.7 Å². The lowest BCUT2D eigenvalue weighted by Gasteiger charge is -2.30. The summed E-state index contributed by atoms with van der Waals surface area (Å²) in [5, 5.41) is 6.83. The number of likely N-dealkylation sites (tertiary alicyclic amines) is 1. The Hall–Kier alpha value is -1.30. The van der Waals surface area contributed by atoms with E-state index in [0.29, 0.717) is 6.04 Å². The lowest BCUT2D eigenvalue weighted by atomic mass is 9.97. The van der Waals surface area contributed by atoms with E-state index in [0.717, 1.165) is 57.9 Å². The highest BCUT2D eigenvalue weighted by atomic mass is 16.1. The molecule has 0 saturated carbocycles. The van der Waals surface area contributed by atoms with Crippen molar-refractivity contribution >= 4 is 11.9 Å². The first-order chi connectivity index (χ1) is 12.1. The molecule has 1 fully saturated rings. The quantitative estimate of drug-likeness (QED) is 0.302. The molecule has 0 aromatic carbocycles. The second-order valence-corrected chi connectivity index (χ2v) is 7.20. The van der Waals surface area contributed by atoms with Gasteiger partial charge in [0.25, 0.3) is 0 Å². The van der Waals surface area contributed by atoms with Crippen LogP contribution in [0.2, 0.25) is 0 Å². The fourth-order valence-electron chi connectivity index (χ4n) is 3.30. The third-order valence-corrected chi connectivity index (χ3v) is 4.78. The second-order valence-electron chi connectivity index (χ2n) is 7.20. The predicted molar refractivity (Wildman–Crippen MR) is 106 cm³/mol. The van der Waals surface area contributed by atoms with Gasteiger partial charge in [-0.15, -0.1) is 0 Å². The number of carbonyl (C=O) groups is 1. The minimum absolute atomic E-state index is 0.0280. The number of rotatable bonds is 11. The number of amides is 1. The number of hydrogen-bond acceptors (Lipinski definition) is 3. The van der Waals surface area contributed by atoms with Crippen LogP contribution >= 0.6 is 0 Å². The Morgan fingerprint density at radius 2 is 2.12 bits per heavy atom. The molecular weight excluding hydrogens is 314 g/mol. The monoisotopic (exact) mass is 353 g/mol. The number of carbonyl (C=O) groups excluding carboxylic acids is 1. The molecule has 0 aromatic heterocycles. The molecule has 1 aliphatic rings. The minimum Gasteiger partial charge on any atom is -0.369 e. The summed E-state index contributed by atoms with van der Waals surface area (Å²) in [6, 6.07) is 0.447. The molecule has 6 heteroatoms. The Balaban J connectivity index is 2.30. The molecule has 146 valence electrons. The summed E-state index contributed by atoms with van der Waals surface area (Å²) < 4.78 is 0. The molecule has 1 saturated heterocycles. The van der Waals surface area contributed by atoms with Gasteiger partial charge in [0.1, 0.15) is 0 Å². The molecule has 1 aliphatic heterocycles. The Morgan fingerprint density at radius 3 is 2.80 bits per heavy atom. The van der Waals surface area contributed by atoms with Gasteiger partial charge in [-0.25, -0.2) is 0 Å². The highest BCUT2D eigenvalue weighted by molar-refractivity contribution is 5.80. The van der Waals surface area contributed by atoms with Crippen molar-refractivity contribution in [2.24, 2.45) is 16.6 Å². The molecular formula is C19H39N5O. The Kier molecular flexibility index (Phi) is 11.3. The molecule has 2 unspecified atom stereocenters. The number of guanidine groups is 1. The van der Waals surface area contributed by atoms with Gasteiger partial charge in [0.05, 0.1) is 5.92 Å². The van der Waals surface area contributed by atoms with Gasteiger partial charge in [-0.1, -0.05) is 26.2 Å². The zero-order valence-electron chi connectivity index (χ0n) is 16.5. The number of hydrogen-bond donors (Lipinski definition) is 3. The van der Waals surface area contributed by atoms with Crippen LogP contribution in [0.3, 0.4) is 0 Å². The first kappa shape index (κ1) is 21.7. The van der Waals surface area contributed by atoms with Gasteiger partial charge in [-0.05, 0) is 52.6 Å². The van der Waals surface area contributed by atoms with Crippen molar-refractivity contribution in [1.29, 1.82) is 0 Å². The zero-order chi connectivity index (χ0) is 18.5. The summed E-state index contributed by atoms with van der Waals surface area (Å²) in [5.74, 6) is 0.791. The predicted octanol–water partition coefficient (Wildman–Crippen LogP) is 2.10. The Morgan fingerprint density at radius 1 is 1.32 bits per heavy atom. The Labute approximate surface area is 154 Å². The van der Waals surface area contributed by atoms with Gasteiger partial charge in [0.2, 0.25) is 5.91 Å². The number of primary amides is 1. The number of nitrogens with two attached hydrogens (primary N) is 1. The number of nitrogens with zero attached hydrogens (tertiary/aromatic N) is 2. The van der Waals surface area contributed by atoms with Gasteiger partial charge < -0.3 is 21.3 Å². The third kappa shape index (κ3) is 9.68. The summed E-state index contributed by atoms with van der Waals surface area (Å²) >= 11 is 0. The van der Waals surface area contributed by atoms with Crippen LogP contribution in [0.4, 0.5) is 0 Å². The number of nitrogens with one attached hydrogen (secondary N) is 2. The topological polar surface area (TPSA) is 82.8 Å². The van der Waals surface area contributed by atoms with Gasteiger partial charge >= 0.3 is 0 Å². The van der Waals surface area contributed by atoms with Crippen molar-refractivity contribution in [1.82, 2.24) is 15.5 Å². The van der Waals surface area contributed by atoms with Crippen LogP contribution in [0.25, 0.3) is 0 Å². The third-order valence-electron chi connectivity index (χ3n) is 4.78. The molecule has 2 atom stereocenters. The molecule has 0 aromatic rings. The standard InChI is InChI=1S/C19H39N5O/c1-4-6-7-10-16(3)23-19(21-5-2)22-12-9-14-24-13-8-11-17(15-24)18(20)25/h16-17H,4-15H2,1-3H3,(H2,20,25)(H2,21,22,23). The number of aliphatic imine (C=N–C) groups is 1. The first-order valence-corrected chi connectivity index (χ1v) is 10.1. The zero-order valence-corrected chi connectivity index (χ0v) is 16.5. The van der Waals surface area contributed by atoms with Crippen molar-refractivity contribution < 1.29 is 4.79 Å². The number of piperidine rings is 1. The van der Waals surface area contributed by atoms with Gasteiger partial charge in [-0.3, -0.25) is 9.79 Å². The van der Waals surface area contributed by atoms with Gasteiger partial charge in [0.15, 0.2) is 5.96 Å². The molecule has 0 radical (unpaired) electrons. The van der Waals surface area contributed by atoms with Crippen molar-refractivity contribution in [2.45, 2.75) is 71.8 Å². The highest BCUT2D eigenvalue weighted by Gasteiger charge is 2.23. The van der Waals surface area contributed by atoms with Crippen molar-refractivity contribution in [3.05, 3.63) is 0 Å². The molecule has 1 amide bonds. The summed E-state index contributed by atoms with van der Waals surface area (Å²) in [5.41, 5.74) is 5.44. The van der Waals surface area contributed by atoms with E-state index < -0.39 is 0 Å². The fraction of sp³-hybridized carbons (Fsp3) is 0.895. The molecule has 0 spiro atoms. The van der Waals surface area contributed by atoms with E-state index in [-0.39, 0.29) is 11.8 Å². The van der Waals surface area contributed by atoms with Crippen LogP contribution in [-0.2, 0) is 4.79 Å². The molecule has 4 N–H and O–H groups in total. The maximum Gasteiger partial charge on any atom is 0.221 e. The van der Waals surface area contributed by atoms with E-state index in [1.54, 1.807) is 0 Å². The molecule has 6 nitrogen and oxygen atoms in total. The number of unbranched alkanes of at least 4 members (excludes halogenated alkanes) is 2. The van der Waals surface area contributed by atoms with Crippen LogP contribution in [0.15, 0.2) is 4.99 Å².